The van der Waals surface area contributed by atoms with Gasteiger partial charge in [0.25, 0.3) is 0 Å². The van der Waals surface area contributed by atoms with Crippen molar-refractivity contribution in [3.8, 4) is 11.5 Å². The standard InChI is InChI=1S/C19H20F2N6S/c1-19(2,3)10-4-5-11-13(8-10)28-17-14(11)16-24-15(25-26(16)9-22-17)12-6-7-23-27(12)18(20)21/h6-7,9-10,18H,4-5,8H2,1-3H3/t10-/m1/s1. The molecule has 0 aliphatic heterocycles. The zero-order chi connectivity index (χ0) is 19.6. The normalized spacial score (nSPS) is 17.7. The summed E-state index contributed by atoms with van der Waals surface area (Å²) >= 11 is 1.72. The number of halogens is 2. The summed E-state index contributed by atoms with van der Waals surface area (Å²) in [5.41, 5.74) is 2.43. The molecule has 6 nitrogen and oxygen atoms in total. The highest BCUT2D eigenvalue weighted by atomic mass is 32.1. The molecule has 0 unspecified atom stereocenters. The maximum Gasteiger partial charge on any atom is 0.333 e. The van der Waals surface area contributed by atoms with Gasteiger partial charge >= 0.3 is 6.55 Å². The molecule has 0 saturated heterocycles. The Hall–Kier alpha value is -2.42. The van der Waals surface area contributed by atoms with Gasteiger partial charge in [0.05, 0.1) is 5.39 Å². The first-order chi connectivity index (χ1) is 13.3. The molecule has 1 atom stereocenters. The second-order valence-electron chi connectivity index (χ2n) is 8.38. The number of rotatable bonds is 2. The van der Waals surface area contributed by atoms with Crippen LogP contribution >= 0.6 is 11.3 Å². The smallest absolute Gasteiger partial charge is 0.225 e. The van der Waals surface area contributed by atoms with E-state index in [0.717, 1.165) is 29.5 Å². The topological polar surface area (TPSA) is 60.9 Å². The quantitative estimate of drug-likeness (QED) is 0.486. The molecule has 146 valence electrons. The first kappa shape index (κ1) is 17.7. The van der Waals surface area contributed by atoms with E-state index in [1.165, 1.54) is 22.7 Å². The van der Waals surface area contributed by atoms with E-state index in [2.05, 4.69) is 40.9 Å². The lowest BCUT2D eigenvalue weighted by atomic mass is 9.72. The highest BCUT2D eigenvalue weighted by molar-refractivity contribution is 7.19. The van der Waals surface area contributed by atoms with Gasteiger partial charge in [-0.2, -0.15) is 13.9 Å². The SMILES string of the molecule is CC(C)(C)[C@@H]1CCc2c(sc3ncn4nc(-c5ccnn5C(F)F)nc4c23)C1. The minimum absolute atomic E-state index is 0.198. The predicted molar refractivity (Wildman–Crippen MR) is 104 cm³/mol. The molecule has 5 rings (SSSR count). The second-order valence-corrected chi connectivity index (χ2v) is 9.46. The van der Waals surface area contributed by atoms with Gasteiger partial charge < -0.3 is 0 Å². The Morgan fingerprint density at radius 1 is 1.29 bits per heavy atom. The van der Waals surface area contributed by atoms with Crippen LogP contribution in [0.15, 0.2) is 18.6 Å². The van der Waals surface area contributed by atoms with Gasteiger partial charge in [0.15, 0.2) is 5.65 Å². The molecule has 28 heavy (non-hydrogen) atoms. The van der Waals surface area contributed by atoms with Crippen molar-refractivity contribution in [2.75, 3.05) is 0 Å². The van der Waals surface area contributed by atoms with Crippen LogP contribution in [0, 0.1) is 11.3 Å². The van der Waals surface area contributed by atoms with Crippen LogP contribution in [0.4, 0.5) is 8.78 Å². The van der Waals surface area contributed by atoms with Crippen LogP contribution in [0.5, 0.6) is 0 Å². The van der Waals surface area contributed by atoms with Gasteiger partial charge in [-0.05, 0) is 42.2 Å². The molecular weight excluding hydrogens is 382 g/mol. The number of thiophene rings is 1. The largest absolute Gasteiger partial charge is 0.333 e. The molecule has 1 aliphatic rings. The molecule has 0 amide bonds. The predicted octanol–water partition coefficient (Wildman–Crippen LogP) is 4.75. The van der Waals surface area contributed by atoms with Crippen LogP contribution in [0.1, 0.15) is 44.2 Å². The zero-order valence-electron chi connectivity index (χ0n) is 15.9. The summed E-state index contributed by atoms with van der Waals surface area (Å²) in [5.74, 6) is 0.869. The van der Waals surface area contributed by atoms with Crippen molar-refractivity contribution in [3.63, 3.8) is 0 Å². The molecule has 0 bridgehead atoms. The summed E-state index contributed by atoms with van der Waals surface area (Å²) in [5, 5.41) is 9.08. The van der Waals surface area contributed by atoms with Crippen molar-refractivity contribution in [2.24, 2.45) is 11.3 Å². The van der Waals surface area contributed by atoms with Gasteiger partial charge in [-0.1, -0.05) is 20.8 Å². The molecule has 4 aromatic heterocycles. The van der Waals surface area contributed by atoms with Crippen molar-refractivity contribution in [1.29, 1.82) is 0 Å². The molecule has 1 aliphatic carbocycles. The van der Waals surface area contributed by atoms with E-state index in [9.17, 15) is 8.78 Å². The van der Waals surface area contributed by atoms with Gasteiger partial charge in [0.2, 0.25) is 5.82 Å². The average Bonchev–Trinajstić information content (AvgIpc) is 3.34. The molecule has 0 radical (unpaired) electrons. The number of alkyl halides is 2. The third kappa shape index (κ3) is 2.63. The number of aryl methyl sites for hydroxylation is 1. The lowest BCUT2D eigenvalue weighted by Crippen LogP contribution is -2.26. The van der Waals surface area contributed by atoms with Crippen LogP contribution in [-0.4, -0.2) is 29.4 Å². The van der Waals surface area contributed by atoms with Gasteiger partial charge in [-0.3, -0.25) is 0 Å². The van der Waals surface area contributed by atoms with Crippen molar-refractivity contribution in [2.45, 2.75) is 46.6 Å². The Morgan fingerprint density at radius 3 is 2.86 bits per heavy atom. The van der Waals surface area contributed by atoms with E-state index in [1.807, 2.05) is 0 Å². The number of aromatic nitrogens is 6. The van der Waals surface area contributed by atoms with E-state index < -0.39 is 6.55 Å². The Morgan fingerprint density at radius 2 is 2.11 bits per heavy atom. The molecule has 0 fully saturated rings. The maximum atomic E-state index is 13.2. The Balaban J connectivity index is 1.66. The summed E-state index contributed by atoms with van der Waals surface area (Å²) in [6.07, 6.45) is 6.10. The van der Waals surface area contributed by atoms with E-state index in [-0.39, 0.29) is 16.9 Å². The maximum absolute atomic E-state index is 13.2. The average molecular weight is 402 g/mol. The van der Waals surface area contributed by atoms with Crippen molar-refractivity contribution in [3.05, 3.63) is 29.0 Å². The minimum Gasteiger partial charge on any atom is -0.225 e. The minimum atomic E-state index is -2.74. The zero-order valence-corrected chi connectivity index (χ0v) is 16.7. The number of fused-ring (bicyclic) bond motifs is 5. The lowest BCUT2D eigenvalue weighted by molar-refractivity contribution is 0.0583. The molecule has 4 aromatic rings. The van der Waals surface area contributed by atoms with Gasteiger partial charge in [0, 0.05) is 11.1 Å². The van der Waals surface area contributed by atoms with Crippen LogP contribution in [0.2, 0.25) is 0 Å². The molecule has 0 N–H and O–H groups in total. The second kappa shape index (κ2) is 6.04. The molecular formula is C19H20F2N6S. The van der Waals surface area contributed by atoms with Crippen LogP contribution < -0.4 is 0 Å². The monoisotopic (exact) mass is 402 g/mol. The van der Waals surface area contributed by atoms with Crippen molar-refractivity contribution >= 4 is 27.2 Å². The van der Waals surface area contributed by atoms with E-state index in [4.69, 9.17) is 0 Å². The fraction of sp³-hybridized carbons (Fsp3) is 0.474. The first-order valence-corrected chi connectivity index (χ1v) is 10.1. The molecule has 0 spiro atoms. The third-order valence-corrected chi connectivity index (χ3v) is 6.86. The molecule has 4 heterocycles. The van der Waals surface area contributed by atoms with E-state index in [0.29, 0.717) is 16.2 Å². The summed E-state index contributed by atoms with van der Waals surface area (Å²) < 4.78 is 28.6. The van der Waals surface area contributed by atoms with Crippen molar-refractivity contribution in [1.82, 2.24) is 29.4 Å². The fourth-order valence-electron chi connectivity index (χ4n) is 4.07. The van der Waals surface area contributed by atoms with Gasteiger partial charge in [0.1, 0.15) is 16.9 Å². The number of nitrogens with zero attached hydrogens (tertiary/aromatic N) is 6. The highest BCUT2D eigenvalue weighted by Crippen LogP contribution is 2.43. The van der Waals surface area contributed by atoms with Crippen LogP contribution in [0.25, 0.3) is 27.4 Å². The van der Waals surface area contributed by atoms with Crippen molar-refractivity contribution < 1.29 is 8.78 Å². The molecule has 0 aromatic carbocycles. The van der Waals surface area contributed by atoms with Crippen LogP contribution in [0.3, 0.4) is 0 Å². The Labute approximate surface area is 164 Å². The summed E-state index contributed by atoms with van der Waals surface area (Å²) in [6, 6.07) is 1.50. The first-order valence-electron chi connectivity index (χ1n) is 9.30. The summed E-state index contributed by atoms with van der Waals surface area (Å²) in [7, 11) is 0. The molecule has 9 heteroatoms. The van der Waals surface area contributed by atoms with E-state index >= 15 is 0 Å². The van der Waals surface area contributed by atoms with Gasteiger partial charge in [-0.15, -0.1) is 16.4 Å². The third-order valence-electron chi connectivity index (χ3n) is 5.69. The van der Waals surface area contributed by atoms with Crippen LogP contribution in [-0.2, 0) is 12.8 Å². The highest BCUT2D eigenvalue weighted by Gasteiger charge is 2.32. The van der Waals surface area contributed by atoms with E-state index in [1.54, 1.807) is 22.2 Å². The Kier molecular flexibility index (Phi) is 3.81. The fourth-order valence-corrected chi connectivity index (χ4v) is 5.33. The Bertz CT molecular complexity index is 1180. The number of hydrogen-bond donors (Lipinski definition) is 0. The summed E-state index contributed by atoms with van der Waals surface area (Å²) in [6.45, 7) is 4.15. The van der Waals surface area contributed by atoms with Gasteiger partial charge in [-0.25, -0.2) is 19.2 Å². The molecule has 0 saturated carbocycles. The number of hydrogen-bond acceptors (Lipinski definition) is 5. The summed E-state index contributed by atoms with van der Waals surface area (Å²) in [4.78, 5) is 11.5. The lowest BCUT2D eigenvalue weighted by Gasteiger charge is -2.33.